The average Bonchev–Trinajstić information content (AvgIpc) is 4.13. The van der Waals surface area contributed by atoms with Crippen LogP contribution in [-0.2, 0) is 19.3 Å². The van der Waals surface area contributed by atoms with Gasteiger partial charge in [-0.05, 0) is 305 Å². The van der Waals surface area contributed by atoms with Crippen LogP contribution in [0, 0.1) is 92.7 Å². The van der Waals surface area contributed by atoms with Crippen molar-refractivity contribution in [3.05, 3.63) is 30.3 Å². The fraction of sp³-hybridized carbons (Fsp3) is 0.913. The maximum Gasteiger partial charge on any atom is 0.181 e. The molecule has 11 rings (SSSR count). The molecular formula is C69H116O9S. The van der Waals surface area contributed by atoms with Gasteiger partial charge in [-0.2, -0.15) is 0 Å². The first-order valence-electron chi connectivity index (χ1n) is 32.9. The number of methoxy groups -OCH3 is 2. The van der Waals surface area contributed by atoms with Crippen LogP contribution in [0.3, 0.4) is 0 Å². The van der Waals surface area contributed by atoms with Crippen molar-refractivity contribution in [1.29, 1.82) is 0 Å². The predicted octanol–water partition coefficient (Wildman–Crippen LogP) is 14.3. The maximum atomic E-state index is 14.5. The van der Waals surface area contributed by atoms with Crippen LogP contribution in [0.4, 0.5) is 0 Å². The Morgan fingerprint density at radius 3 is 1.41 bits per heavy atom. The van der Waals surface area contributed by atoms with E-state index in [-0.39, 0.29) is 17.4 Å². The highest BCUT2D eigenvalue weighted by molar-refractivity contribution is 7.92. The molecule has 0 aromatic heterocycles. The Balaban J connectivity index is 0.000000191. The smallest absolute Gasteiger partial charge is 0.181 e. The van der Waals surface area contributed by atoms with Crippen molar-refractivity contribution in [3.8, 4) is 0 Å². The van der Waals surface area contributed by atoms with Crippen molar-refractivity contribution in [3.63, 3.8) is 0 Å². The number of hydrogen-bond acceptors (Lipinski definition) is 9. The highest BCUT2D eigenvalue weighted by Crippen LogP contribution is 2.71. The normalized spacial score (nSPS) is 48.6. The van der Waals surface area contributed by atoms with E-state index in [1.807, 2.05) is 32.2 Å². The number of rotatable bonds is 12. The lowest BCUT2D eigenvalue weighted by Gasteiger charge is -2.62. The minimum atomic E-state index is -3.63. The second-order valence-corrected chi connectivity index (χ2v) is 33.6. The molecule has 19 atom stereocenters. The molecule has 0 amide bonds. The molecule has 10 aliphatic carbocycles. The SMILES string of the molecule is CO.COC1CCC(O)(CC([C@@H](C)[C@H]2CC[C@H]3[C@@H]4CC[C@H]5C[C@@](C)(O)CC[C@]5(C)[C@H]4CC[C@]23C)S(=O)(=O)c2ccccc2)CC1.COC1CCC(O)(CC[C@@H](C)[C@H]2CC[C@H]3[C@@H]4CC[C@H]5C[C@@](C)(O)CC[C@]5(C)[C@H]4CC[C@]23C)CC1. The first-order valence-corrected chi connectivity index (χ1v) is 34.5. The van der Waals surface area contributed by atoms with Crippen LogP contribution in [0.15, 0.2) is 35.2 Å². The Hall–Kier alpha value is -1.11. The Bertz CT molecular complexity index is 2270. The van der Waals surface area contributed by atoms with E-state index in [1.165, 1.54) is 83.5 Å². The highest BCUT2D eigenvalue weighted by Gasteiger charge is 2.64. The number of ether oxygens (including phenoxy) is 2. The van der Waals surface area contributed by atoms with Crippen LogP contribution in [-0.4, -0.2) is 95.1 Å². The number of fused-ring (bicyclic) bond motifs is 10. The second-order valence-electron chi connectivity index (χ2n) is 31.5. The van der Waals surface area contributed by atoms with E-state index in [0.717, 1.165) is 126 Å². The molecular weight excluding hydrogens is 1000 g/mol. The molecule has 452 valence electrons. The first-order chi connectivity index (χ1) is 37.2. The monoisotopic (exact) mass is 1120 g/mol. The molecule has 1 aromatic carbocycles. The molecule has 1 unspecified atom stereocenters. The summed E-state index contributed by atoms with van der Waals surface area (Å²) in [6.07, 6.45) is 31.4. The number of hydrogen-bond donors (Lipinski definition) is 5. The van der Waals surface area contributed by atoms with Gasteiger partial charge < -0.3 is 35.0 Å². The summed E-state index contributed by atoms with van der Waals surface area (Å²) in [6, 6.07) is 9.00. The average molecular weight is 1120 g/mol. The van der Waals surface area contributed by atoms with Gasteiger partial charge in [-0.15, -0.1) is 0 Å². The summed E-state index contributed by atoms with van der Waals surface area (Å²) in [6.45, 7) is 19.2. The molecule has 0 bridgehead atoms. The Kier molecular flexibility index (Phi) is 18.7. The Labute approximate surface area is 481 Å². The third-order valence-electron chi connectivity index (χ3n) is 27.5. The zero-order chi connectivity index (χ0) is 57.2. The van der Waals surface area contributed by atoms with Crippen LogP contribution in [0.5, 0.6) is 0 Å². The van der Waals surface area contributed by atoms with Crippen LogP contribution in [0.1, 0.15) is 242 Å². The lowest BCUT2D eigenvalue weighted by molar-refractivity contribution is -0.148. The number of sulfone groups is 1. The van der Waals surface area contributed by atoms with Crippen molar-refractivity contribution in [2.45, 2.75) is 286 Å². The molecule has 0 spiro atoms. The predicted molar refractivity (Wildman–Crippen MR) is 318 cm³/mol. The zero-order valence-electron chi connectivity index (χ0n) is 51.8. The molecule has 0 radical (unpaired) electrons. The molecule has 0 heterocycles. The number of aliphatic hydroxyl groups excluding tert-OH is 1. The Morgan fingerprint density at radius 1 is 0.506 bits per heavy atom. The fourth-order valence-electron chi connectivity index (χ4n) is 22.6. The summed E-state index contributed by atoms with van der Waals surface area (Å²) < 4.78 is 40.0. The Morgan fingerprint density at radius 2 is 0.937 bits per heavy atom. The van der Waals surface area contributed by atoms with E-state index in [1.54, 1.807) is 19.2 Å². The van der Waals surface area contributed by atoms with Gasteiger partial charge in [0.05, 0.1) is 44.8 Å². The van der Waals surface area contributed by atoms with Gasteiger partial charge in [0.25, 0.3) is 0 Å². The molecule has 1 aromatic rings. The summed E-state index contributed by atoms with van der Waals surface area (Å²) >= 11 is 0. The van der Waals surface area contributed by atoms with Gasteiger partial charge in [0, 0.05) is 21.3 Å². The molecule has 5 N–H and O–H groups in total. The van der Waals surface area contributed by atoms with Crippen LogP contribution < -0.4 is 0 Å². The lowest BCUT2D eigenvalue weighted by Crippen LogP contribution is -2.56. The molecule has 0 aliphatic heterocycles. The van der Waals surface area contributed by atoms with Gasteiger partial charge in [-0.25, -0.2) is 8.42 Å². The van der Waals surface area contributed by atoms with E-state index in [9.17, 15) is 28.8 Å². The maximum absolute atomic E-state index is 14.5. The third kappa shape index (κ3) is 12.0. The topological polar surface area (TPSA) is 154 Å². The van der Waals surface area contributed by atoms with Gasteiger partial charge in [0.2, 0.25) is 0 Å². The van der Waals surface area contributed by atoms with Crippen molar-refractivity contribution >= 4 is 9.84 Å². The zero-order valence-corrected chi connectivity index (χ0v) is 52.6. The molecule has 10 heteroatoms. The number of aliphatic hydroxyl groups is 5. The van der Waals surface area contributed by atoms with Crippen LogP contribution in [0.25, 0.3) is 0 Å². The van der Waals surface area contributed by atoms with Crippen molar-refractivity contribution in [2.75, 3.05) is 21.3 Å². The standard InChI is InChI=1S/C37H58O5S.C31H54O3.CH4O/c1-25(33(43(40,41)28-9-7-6-8-10-28)24-37(39)19-15-27(42-5)16-20-37)30-13-14-31-29-12-11-26-23-34(2,38)21-22-35(26,3)32(29)17-18-36(30,31)4;1-21(10-15-31(33)16-11-23(34-5)12-17-31)25-8-9-26-24-7-6-22-20-28(2,32)18-19-29(22,3)27(24)13-14-30(25,26)4;1-2/h6-10,25-27,29-33,38-39H,11-24H2,1-5H3;21-27,32-33H,6-20H2,1-5H3;2H,1H3/t25-,26-,27?,29-,30+,31-,32-,33?,34-,35-,36+,37?;21-,22+,23?,24+,25-,26+,27+,28+,29+,30-,31?;/m01./s1. The molecule has 9 nitrogen and oxygen atoms in total. The van der Waals surface area contributed by atoms with E-state index < -0.39 is 37.5 Å². The van der Waals surface area contributed by atoms with E-state index in [2.05, 4.69) is 48.5 Å². The minimum Gasteiger partial charge on any atom is -0.400 e. The van der Waals surface area contributed by atoms with Crippen LogP contribution >= 0.6 is 0 Å². The van der Waals surface area contributed by atoms with Gasteiger partial charge in [0.15, 0.2) is 9.84 Å². The van der Waals surface area contributed by atoms with E-state index >= 15 is 0 Å². The number of benzene rings is 1. The highest BCUT2D eigenvalue weighted by atomic mass is 32.2. The van der Waals surface area contributed by atoms with Gasteiger partial charge >= 0.3 is 0 Å². The van der Waals surface area contributed by atoms with Crippen LogP contribution in [0.2, 0.25) is 0 Å². The van der Waals surface area contributed by atoms with Gasteiger partial charge in [0.1, 0.15) is 0 Å². The summed E-state index contributed by atoms with van der Waals surface area (Å²) in [5, 5.41) is 51.1. The lowest BCUT2D eigenvalue weighted by atomic mass is 9.43. The summed E-state index contributed by atoms with van der Waals surface area (Å²) in [5.74, 6) is 7.95. The van der Waals surface area contributed by atoms with E-state index in [4.69, 9.17) is 14.6 Å². The largest absolute Gasteiger partial charge is 0.400 e. The molecule has 10 fully saturated rings. The molecule has 79 heavy (non-hydrogen) atoms. The molecule has 10 saturated carbocycles. The summed E-state index contributed by atoms with van der Waals surface area (Å²) in [5.41, 5.74) is -0.955. The second kappa shape index (κ2) is 23.6. The quantitative estimate of drug-likeness (QED) is 0.138. The molecule has 10 aliphatic rings. The third-order valence-corrected chi connectivity index (χ3v) is 29.8. The van der Waals surface area contributed by atoms with Crippen molar-refractivity contribution in [1.82, 2.24) is 0 Å². The minimum absolute atomic E-state index is 0.0300. The van der Waals surface area contributed by atoms with Crippen molar-refractivity contribution in [2.24, 2.45) is 92.7 Å². The van der Waals surface area contributed by atoms with Gasteiger partial charge in [-0.1, -0.05) is 59.7 Å². The fourth-order valence-corrected chi connectivity index (χ4v) is 24.8. The van der Waals surface area contributed by atoms with Crippen molar-refractivity contribution < 1.29 is 43.4 Å². The summed E-state index contributed by atoms with van der Waals surface area (Å²) in [7, 11) is 0.912. The first kappa shape index (κ1) is 62.4. The van der Waals surface area contributed by atoms with E-state index in [0.29, 0.717) is 76.1 Å². The van der Waals surface area contributed by atoms with Gasteiger partial charge in [-0.3, -0.25) is 0 Å². The summed E-state index contributed by atoms with van der Waals surface area (Å²) in [4.78, 5) is 0.392. The molecule has 0 saturated heterocycles.